The van der Waals surface area contributed by atoms with E-state index in [2.05, 4.69) is 41.6 Å². The molecule has 2 aromatic rings. The van der Waals surface area contributed by atoms with Crippen LogP contribution in [0.25, 0.3) is 0 Å². The minimum absolute atomic E-state index is 0.117. The van der Waals surface area contributed by atoms with Crippen molar-refractivity contribution < 1.29 is 9.84 Å². The molecule has 0 spiro atoms. The van der Waals surface area contributed by atoms with E-state index >= 15 is 0 Å². The van der Waals surface area contributed by atoms with Crippen LogP contribution in [-0.4, -0.2) is 40.2 Å². The molecule has 0 unspecified atom stereocenters. The number of aromatic nitrogens is 2. The Morgan fingerprint density at radius 1 is 1.38 bits per heavy atom. The number of aryl methyl sites for hydroxylation is 1. The van der Waals surface area contributed by atoms with Crippen LogP contribution in [0.15, 0.2) is 42.7 Å². The summed E-state index contributed by atoms with van der Waals surface area (Å²) in [6.07, 6.45) is 6.65. The predicted molar refractivity (Wildman–Crippen MR) is 93.8 cm³/mol. The minimum Gasteiger partial charge on any atom is -0.389 e. The van der Waals surface area contributed by atoms with Crippen molar-refractivity contribution in [3.8, 4) is 0 Å². The van der Waals surface area contributed by atoms with Crippen molar-refractivity contribution in [2.75, 3.05) is 13.2 Å². The van der Waals surface area contributed by atoms with Crippen LogP contribution in [0.4, 0.5) is 0 Å². The fourth-order valence-corrected chi connectivity index (χ4v) is 3.26. The van der Waals surface area contributed by atoms with Crippen LogP contribution in [0.3, 0.4) is 0 Å². The topological polar surface area (TPSA) is 59.3 Å². The fraction of sp³-hybridized carbons (Fsp3) is 0.526. The third-order valence-corrected chi connectivity index (χ3v) is 4.53. The second-order valence-corrected chi connectivity index (χ2v) is 6.60. The summed E-state index contributed by atoms with van der Waals surface area (Å²) in [7, 11) is 0. The average molecular weight is 329 g/mol. The number of aliphatic hydroxyl groups is 1. The van der Waals surface area contributed by atoms with Crippen molar-refractivity contribution in [1.29, 1.82) is 0 Å². The zero-order valence-electron chi connectivity index (χ0n) is 14.3. The molecule has 0 saturated carbocycles. The van der Waals surface area contributed by atoms with Gasteiger partial charge in [0.1, 0.15) is 0 Å². The van der Waals surface area contributed by atoms with Gasteiger partial charge in [0.05, 0.1) is 25.4 Å². The Hall–Kier alpha value is -1.69. The van der Waals surface area contributed by atoms with Gasteiger partial charge < -0.3 is 15.2 Å². The van der Waals surface area contributed by atoms with Gasteiger partial charge in [-0.25, -0.2) is 0 Å². The Morgan fingerprint density at radius 3 is 3.08 bits per heavy atom. The molecule has 5 heteroatoms. The highest BCUT2D eigenvalue weighted by Crippen LogP contribution is 2.32. The molecule has 130 valence electrons. The Balaban J connectivity index is 1.40. The summed E-state index contributed by atoms with van der Waals surface area (Å²) in [6.45, 7) is 3.76. The van der Waals surface area contributed by atoms with Crippen LogP contribution in [0.1, 0.15) is 37.0 Å². The first-order chi connectivity index (χ1) is 11.7. The van der Waals surface area contributed by atoms with Crippen LogP contribution in [0.5, 0.6) is 0 Å². The van der Waals surface area contributed by atoms with E-state index in [9.17, 15) is 5.11 Å². The fourth-order valence-electron chi connectivity index (χ4n) is 3.26. The maximum atomic E-state index is 10.2. The third kappa shape index (κ3) is 4.66. The molecule has 1 heterocycles. The Labute approximate surface area is 143 Å². The van der Waals surface area contributed by atoms with Crippen molar-refractivity contribution in [2.45, 2.75) is 51.0 Å². The molecule has 1 aromatic heterocycles. The van der Waals surface area contributed by atoms with Gasteiger partial charge in [-0.1, -0.05) is 24.3 Å². The monoisotopic (exact) mass is 329 g/mol. The molecule has 0 saturated heterocycles. The molecule has 24 heavy (non-hydrogen) atoms. The lowest BCUT2D eigenvalue weighted by molar-refractivity contribution is -0.0174. The number of fused-ring (bicyclic) bond motifs is 1. The summed E-state index contributed by atoms with van der Waals surface area (Å²) < 4.78 is 7.89. The number of hydrogen-bond donors (Lipinski definition) is 2. The first-order valence-electron chi connectivity index (χ1n) is 8.80. The summed E-state index contributed by atoms with van der Waals surface area (Å²) in [5, 5.41) is 17.7. The molecule has 2 N–H and O–H groups in total. The zero-order valence-corrected chi connectivity index (χ0v) is 14.3. The van der Waals surface area contributed by atoms with Crippen molar-refractivity contribution in [3.05, 3.63) is 53.9 Å². The molecule has 5 nitrogen and oxygen atoms in total. The van der Waals surface area contributed by atoms with Gasteiger partial charge in [-0.15, -0.1) is 0 Å². The van der Waals surface area contributed by atoms with Gasteiger partial charge in [-0.2, -0.15) is 5.10 Å². The van der Waals surface area contributed by atoms with Crippen molar-refractivity contribution >= 4 is 0 Å². The van der Waals surface area contributed by atoms with Crippen LogP contribution < -0.4 is 5.32 Å². The molecule has 1 aromatic carbocycles. The predicted octanol–water partition coefficient (Wildman–Crippen LogP) is 2.32. The standard InChI is InChI=1S/C19H27N3O2/c1-15(13-22-11-5-10-21-22)20-12-17(23)14-24-19-9-4-7-16-6-2-3-8-18(16)19/h2-3,5-6,8,10-11,15,17,19-20,23H,4,7,9,12-14H2,1H3/t15-,17-,19+/m1/s1. The Morgan fingerprint density at radius 2 is 2.25 bits per heavy atom. The molecule has 1 aliphatic carbocycles. The molecule has 0 aliphatic heterocycles. The van der Waals surface area contributed by atoms with E-state index in [1.165, 1.54) is 11.1 Å². The van der Waals surface area contributed by atoms with Gasteiger partial charge in [-0.3, -0.25) is 4.68 Å². The molecule has 3 rings (SSSR count). The van der Waals surface area contributed by atoms with Crippen LogP contribution >= 0.6 is 0 Å². The number of rotatable bonds is 8. The Bertz CT molecular complexity index is 615. The number of nitrogens with one attached hydrogen (secondary N) is 1. The van der Waals surface area contributed by atoms with Gasteiger partial charge in [0.25, 0.3) is 0 Å². The summed E-state index contributed by atoms with van der Waals surface area (Å²) in [5.74, 6) is 0. The molecule has 0 radical (unpaired) electrons. The molecular formula is C19H27N3O2. The Kier molecular flexibility index (Phi) is 6.01. The van der Waals surface area contributed by atoms with Crippen LogP contribution in [0.2, 0.25) is 0 Å². The van der Waals surface area contributed by atoms with Gasteiger partial charge in [0.2, 0.25) is 0 Å². The van der Waals surface area contributed by atoms with Gasteiger partial charge in [0.15, 0.2) is 0 Å². The summed E-state index contributed by atoms with van der Waals surface area (Å²) in [5.41, 5.74) is 2.67. The van der Waals surface area contributed by atoms with E-state index in [0.717, 1.165) is 25.8 Å². The molecular weight excluding hydrogens is 302 g/mol. The van der Waals surface area contributed by atoms with Crippen molar-refractivity contribution in [3.63, 3.8) is 0 Å². The minimum atomic E-state index is -0.501. The van der Waals surface area contributed by atoms with Crippen molar-refractivity contribution in [1.82, 2.24) is 15.1 Å². The third-order valence-electron chi connectivity index (χ3n) is 4.53. The van der Waals surface area contributed by atoms with Crippen molar-refractivity contribution in [2.24, 2.45) is 0 Å². The molecule has 0 amide bonds. The summed E-state index contributed by atoms with van der Waals surface area (Å²) >= 11 is 0. The number of ether oxygens (including phenoxy) is 1. The van der Waals surface area contributed by atoms with Gasteiger partial charge in [-0.05, 0) is 43.4 Å². The normalized spacial score (nSPS) is 19.7. The largest absolute Gasteiger partial charge is 0.389 e. The highest BCUT2D eigenvalue weighted by atomic mass is 16.5. The van der Waals surface area contributed by atoms with E-state index in [1.807, 2.05) is 16.9 Å². The number of benzene rings is 1. The lowest BCUT2D eigenvalue weighted by Gasteiger charge is -2.27. The first-order valence-corrected chi connectivity index (χ1v) is 8.80. The molecule has 0 fully saturated rings. The maximum Gasteiger partial charge on any atom is 0.0898 e. The lowest BCUT2D eigenvalue weighted by atomic mass is 9.89. The van der Waals surface area contributed by atoms with Crippen LogP contribution in [-0.2, 0) is 17.7 Å². The summed E-state index contributed by atoms with van der Waals surface area (Å²) in [6, 6.07) is 10.6. The van der Waals surface area contributed by atoms with E-state index in [4.69, 9.17) is 4.74 Å². The van der Waals surface area contributed by atoms with E-state index in [-0.39, 0.29) is 12.1 Å². The maximum absolute atomic E-state index is 10.2. The number of aliphatic hydroxyl groups excluding tert-OH is 1. The van der Waals surface area contributed by atoms with Gasteiger partial charge in [0, 0.05) is 25.0 Å². The van der Waals surface area contributed by atoms with E-state index in [1.54, 1.807) is 6.20 Å². The van der Waals surface area contributed by atoms with Gasteiger partial charge >= 0.3 is 0 Å². The first kappa shape index (κ1) is 17.1. The van der Waals surface area contributed by atoms with Crippen LogP contribution in [0, 0.1) is 0 Å². The zero-order chi connectivity index (χ0) is 16.8. The highest BCUT2D eigenvalue weighted by Gasteiger charge is 2.21. The quantitative estimate of drug-likeness (QED) is 0.780. The second kappa shape index (κ2) is 8.42. The average Bonchev–Trinajstić information content (AvgIpc) is 3.11. The highest BCUT2D eigenvalue weighted by molar-refractivity contribution is 5.31. The summed E-state index contributed by atoms with van der Waals surface area (Å²) in [4.78, 5) is 0. The number of nitrogens with zero attached hydrogens (tertiary/aromatic N) is 2. The SMILES string of the molecule is C[C@H](Cn1cccn1)NC[C@@H](O)CO[C@H]1CCCc2ccccc21. The lowest BCUT2D eigenvalue weighted by Crippen LogP contribution is -2.38. The van der Waals surface area contributed by atoms with E-state index in [0.29, 0.717) is 13.2 Å². The number of hydrogen-bond acceptors (Lipinski definition) is 4. The second-order valence-electron chi connectivity index (χ2n) is 6.60. The smallest absolute Gasteiger partial charge is 0.0898 e. The molecule has 3 atom stereocenters. The van der Waals surface area contributed by atoms with E-state index < -0.39 is 6.10 Å². The molecule has 1 aliphatic rings. The molecule has 0 bridgehead atoms.